The molecule has 15 heavy (non-hydrogen) atoms. The molecule has 3 heterocycles. The van der Waals surface area contributed by atoms with Gasteiger partial charge in [-0.25, -0.2) is 0 Å². The van der Waals surface area contributed by atoms with Crippen LogP contribution in [0.2, 0.25) is 0 Å². The van der Waals surface area contributed by atoms with Crippen molar-refractivity contribution < 1.29 is 0 Å². The lowest BCUT2D eigenvalue weighted by Crippen LogP contribution is -2.04. The number of nitrogens with zero attached hydrogens (tertiary/aromatic N) is 3. The van der Waals surface area contributed by atoms with Crippen LogP contribution in [0.15, 0.2) is 18.3 Å². The summed E-state index contributed by atoms with van der Waals surface area (Å²) in [6.07, 6.45) is 2.43. The zero-order valence-corrected chi connectivity index (χ0v) is 8.20. The maximum absolute atomic E-state index is 4.30. The average molecular weight is 201 g/mol. The van der Waals surface area contributed by atoms with E-state index >= 15 is 0 Å². The third-order valence-electron chi connectivity index (χ3n) is 2.62. The molecule has 0 fully saturated rings. The summed E-state index contributed by atoms with van der Waals surface area (Å²) < 4.78 is 0. The second kappa shape index (κ2) is 3.43. The molecular formula is C10H11N5. The van der Waals surface area contributed by atoms with Crippen molar-refractivity contribution in [2.24, 2.45) is 0 Å². The Labute approximate surface area is 86.9 Å². The van der Waals surface area contributed by atoms with E-state index in [2.05, 4.69) is 25.7 Å². The molecule has 0 saturated heterocycles. The number of hydrogen-bond acceptors (Lipinski definition) is 4. The van der Waals surface area contributed by atoms with Gasteiger partial charge in [0.1, 0.15) is 0 Å². The monoisotopic (exact) mass is 201 g/mol. The van der Waals surface area contributed by atoms with Gasteiger partial charge >= 0.3 is 0 Å². The van der Waals surface area contributed by atoms with Crippen molar-refractivity contribution in [1.29, 1.82) is 0 Å². The third kappa shape index (κ3) is 1.50. The molecule has 76 valence electrons. The standard InChI is InChI=1S/C10H11N5/c1-2-7(13-12-3-1)4-9-8-5-11-6-10(8)15-14-9/h1-3,11H,4-6H2,(H,14,15). The van der Waals surface area contributed by atoms with Crippen molar-refractivity contribution in [3.8, 4) is 0 Å². The molecule has 3 rings (SSSR count). The second-order valence-corrected chi connectivity index (χ2v) is 3.62. The Bertz CT molecular complexity index is 462. The smallest absolute Gasteiger partial charge is 0.0730 e. The summed E-state index contributed by atoms with van der Waals surface area (Å²) >= 11 is 0. The molecule has 2 N–H and O–H groups in total. The van der Waals surface area contributed by atoms with Crippen molar-refractivity contribution in [2.75, 3.05) is 0 Å². The molecule has 2 aromatic rings. The van der Waals surface area contributed by atoms with Crippen molar-refractivity contribution in [3.63, 3.8) is 0 Å². The average Bonchev–Trinajstić information content (AvgIpc) is 2.85. The molecule has 0 spiro atoms. The summed E-state index contributed by atoms with van der Waals surface area (Å²) in [4.78, 5) is 0. The summed E-state index contributed by atoms with van der Waals surface area (Å²) in [6, 6.07) is 3.86. The van der Waals surface area contributed by atoms with Crippen LogP contribution in [0.4, 0.5) is 0 Å². The normalized spacial score (nSPS) is 14.1. The van der Waals surface area contributed by atoms with E-state index in [1.54, 1.807) is 6.20 Å². The van der Waals surface area contributed by atoms with Crippen LogP contribution in [-0.2, 0) is 19.5 Å². The van der Waals surface area contributed by atoms with Crippen LogP contribution in [0.25, 0.3) is 0 Å². The van der Waals surface area contributed by atoms with Crippen LogP contribution >= 0.6 is 0 Å². The van der Waals surface area contributed by atoms with Crippen LogP contribution in [0.5, 0.6) is 0 Å². The van der Waals surface area contributed by atoms with Crippen LogP contribution in [0.3, 0.4) is 0 Å². The lowest BCUT2D eigenvalue weighted by Gasteiger charge is -1.97. The Kier molecular flexibility index (Phi) is 1.96. The SMILES string of the molecule is c1cnnc(Cc2n[nH]c3c2CNC3)c1. The van der Waals surface area contributed by atoms with Gasteiger partial charge in [-0.2, -0.15) is 15.3 Å². The van der Waals surface area contributed by atoms with E-state index in [0.29, 0.717) is 0 Å². The summed E-state index contributed by atoms with van der Waals surface area (Å²) in [6.45, 7) is 1.80. The summed E-state index contributed by atoms with van der Waals surface area (Å²) in [5.74, 6) is 0. The summed E-state index contributed by atoms with van der Waals surface area (Å²) in [5.41, 5.74) is 4.53. The molecule has 0 aliphatic carbocycles. The highest BCUT2D eigenvalue weighted by Gasteiger charge is 2.17. The van der Waals surface area contributed by atoms with Crippen LogP contribution in [0.1, 0.15) is 22.6 Å². The van der Waals surface area contributed by atoms with Gasteiger partial charge in [0.2, 0.25) is 0 Å². The first-order valence-corrected chi connectivity index (χ1v) is 4.96. The Morgan fingerprint density at radius 3 is 3.20 bits per heavy atom. The topological polar surface area (TPSA) is 66.5 Å². The molecule has 0 amide bonds. The van der Waals surface area contributed by atoms with E-state index in [1.807, 2.05) is 12.1 Å². The highest BCUT2D eigenvalue weighted by molar-refractivity contribution is 5.30. The second-order valence-electron chi connectivity index (χ2n) is 3.62. The third-order valence-corrected chi connectivity index (χ3v) is 2.62. The van der Waals surface area contributed by atoms with Gasteiger partial charge in [-0.1, -0.05) is 0 Å². The van der Waals surface area contributed by atoms with Gasteiger partial charge in [-0.05, 0) is 12.1 Å². The molecular weight excluding hydrogens is 190 g/mol. The number of hydrogen-bond donors (Lipinski definition) is 2. The highest BCUT2D eigenvalue weighted by atomic mass is 15.2. The fourth-order valence-electron chi connectivity index (χ4n) is 1.86. The number of rotatable bonds is 2. The van der Waals surface area contributed by atoms with Gasteiger partial charge in [0.25, 0.3) is 0 Å². The summed E-state index contributed by atoms with van der Waals surface area (Å²) in [5, 5.41) is 18.5. The van der Waals surface area contributed by atoms with Crippen molar-refractivity contribution in [2.45, 2.75) is 19.5 Å². The zero-order valence-electron chi connectivity index (χ0n) is 8.20. The molecule has 1 aliphatic heterocycles. The number of nitrogens with one attached hydrogen (secondary N) is 2. The molecule has 0 aromatic carbocycles. The van der Waals surface area contributed by atoms with Crippen molar-refractivity contribution >= 4 is 0 Å². The van der Waals surface area contributed by atoms with Gasteiger partial charge in [-0.15, -0.1) is 0 Å². The van der Waals surface area contributed by atoms with E-state index in [4.69, 9.17) is 0 Å². The largest absolute Gasteiger partial charge is 0.307 e. The Morgan fingerprint density at radius 2 is 2.33 bits per heavy atom. The van der Waals surface area contributed by atoms with E-state index in [0.717, 1.165) is 30.9 Å². The number of fused-ring (bicyclic) bond motifs is 1. The molecule has 5 nitrogen and oxygen atoms in total. The number of aromatic amines is 1. The minimum absolute atomic E-state index is 0.751. The predicted octanol–water partition coefficient (Wildman–Crippen LogP) is 0.394. The van der Waals surface area contributed by atoms with E-state index in [1.165, 1.54) is 11.3 Å². The number of H-pyrrole nitrogens is 1. The summed E-state index contributed by atoms with van der Waals surface area (Å²) in [7, 11) is 0. The zero-order chi connectivity index (χ0) is 10.1. The number of aromatic nitrogens is 4. The fraction of sp³-hybridized carbons (Fsp3) is 0.300. The maximum atomic E-state index is 4.30. The van der Waals surface area contributed by atoms with Gasteiger partial charge in [-0.3, -0.25) is 5.10 Å². The lowest BCUT2D eigenvalue weighted by atomic mass is 10.1. The fourth-order valence-corrected chi connectivity index (χ4v) is 1.86. The Morgan fingerprint density at radius 1 is 1.33 bits per heavy atom. The molecule has 0 unspecified atom stereocenters. The predicted molar refractivity (Wildman–Crippen MR) is 54.0 cm³/mol. The maximum Gasteiger partial charge on any atom is 0.0730 e. The Hall–Kier alpha value is -1.75. The van der Waals surface area contributed by atoms with Gasteiger partial charge in [0, 0.05) is 31.3 Å². The van der Waals surface area contributed by atoms with Crippen LogP contribution in [0, 0.1) is 0 Å². The lowest BCUT2D eigenvalue weighted by molar-refractivity contribution is 0.732. The quantitative estimate of drug-likeness (QED) is 0.737. The highest BCUT2D eigenvalue weighted by Crippen LogP contribution is 2.18. The van der Waals surface area contributed by atoms with Crippen molar-refractivity contribution in [3.05, 3.63) is 41.0 Å². The van der Waals surface area contributed by atoms with Gasteiger partial charge in [0.05, 0.1) is 17.1 Å². The minimum Gasteiger partial charge on any atom is -0.307 e. The molecule has 5 heteroatoms. The van der Waals surface area contributed by atoms with E-state index in [-0.39, 0.29) is 0 Å². The minimum atomic E-state index is 0.751. The van der Waals surface area contributed by atoms with Gasteiger partial charge in [0.15, 0.2) is 0 Å². The first kappa shape index (κ1) is 8.55. The molecule has 0 radical (unpaired) electrons. The van der Waals surface area contributed by atoms with Crippen LogP contribution in [-0.4, -0.2) is 20.4 Å². The molecule has 0 atom stereocenters. The molecule has 2 aromatic heterocycles. The van der Waals surface area contributed by atoms with E-state index in [9.17, 15) is 0 Å². The van der Waals surface area contributed by atoms with Crippen LogP contribution < -0.4 is 5.32 Å². The van der Waals surface area contributed by atoms with E-state index < -0.39 is 0 Å². The first-order chi connectivity index (χ1) is 7.43. The van der Waals surface area contributed by atoms with Crippen molar-refractivity contribution in [1.82, 2.24) is 25.7 Å². The van der Waals surface area contributed by atoms with Gasteiger partial charge < -0.3 is 5.32 Å². The molecule has 0 saturated carbocycles. The molecule has 1 aliphatic rings. The first-order valence-electron chi connectivity index (χ1n) is 4.96. The Balaban J connectivity index is 1.89. The molecule has 0 bridgehead atoms.